The van der Waals surface area contributed by atoms with E-state index in [1.807, 2.05) is 36.4 Å². The van der Waals surface area contributed by atoms with Crippen LogP contribution in [0, 0.1) is 0 Å². The Labute approximate surface area is 103 Å². The SMILES string of the molecule is Nc1cc2nnsc2cc1N.c1ccccc1. The van der Waals surface area contributed by atoms with E-state index in [2.05, 4.69) is 9.59 Å². The monoisotopic (exact) mass is 244 g/mol. The summed E-state index contributed by atoms with van der Waals surface area (Å²) in [7, 11) is 0. The average Bonchev–Trinajstić information content (AvgIpc) is 2.80. The fourth-order valence-corrected chi connectivity index (χ4v) is 1.83. The molecule has 1 aromatic heterocycles. The van der Waals surface area contributed by atoms with Gasteiger partial charge in [0.25, 0.3) is 0 Å². The Morgan fingerprint density at radius 2 is 1.35 bits per heavy atom. The van der Waals surface area contributed by atoms with E-state index in [-0.39, 0.29) is 0 Å². The first-order valence-corrected chi connectivity index (χ1v) is 5.82. The van der Waals surface area contributed by atoms with Crippen molar-refractivity contribution < 1.29 is 0 Å². The van der Waals surface area contributed by atoms with E-state index in [9.17, 15) is 0 Å². The fraction of sp³-hybridized carbons (Fsp3) is 0. The highest BCUT2D eigenvalue weighted by molar-refractivity contribution is 7.13. The van der Waals surface area contributed by atoms with Crippen LogP contribution in [0.15, 0.2) is 48.5 Å². The predicted molar refractivity (Wildman–Crippen MR) is 72.7 cm³/mol. The highest BCUT2D eigenvalue weighted by Crippen LogP contribution is 2.23. The molecule has 2 aromatic carbocycles. The molecule has 0 amide bonds. The standard InChI is InChI=1S/C6H6N4S.C6H6/c7-3-1-5-6(2-4(3)8)11-10-9-5;1-2-4-6-5-3-1/h1-2H,7-8H2;1-6H. The van der Waals surface area contributed by atoms with Crippen LogP contribution < -0.4 is 11.5 Å². The molecule has 3 aromatic rings. The Bertz CT molecular complexity index is 529. The molecule has 0 unspecified atom stereocenters. The van der Waals surface area contributed by atoms with Crippen molar-refractivity contribution >= 4 is 33.1 Å². The Hall–Kier alpha value is -2.14. The quantitative estimate of drug-likeness (QED) is 0.596. The summed E-state index contributed by atoms with van der Waals surface area (Å²) in [4.78, 5) is 0. The third-order valence-corrected chi connectivity index (χ3v) is 2.81. The van der Waals surface area contributed by atoms with E-state index in [4.69, 9.17) is 11.5 Å². The number of rotatable bonds is 0. The molecule has 5 heteroatoms. The number of anilines is 2. The minimum Gasteiger partial charge on any atom is -0.397 e. The Morgan fingerprint density at radius 3 is 1.94 bits per heavy atom. The van der Waals surface area contributed by atoms with Crippen molar-refractivity contribution in [2.75, 3.05) is 11.5 Å². The molecule has 0 atom stereocenters. The van der Waals surface area contributed by atoms with Crippen LogP contribution in [0.5, 0.6) is 0 Å². The molecule has 0 radical (unpaired) electrons. The maximum absolute atomic E-state index is 5.57. The van der Waals surface area contributed by atoms with Crippen LogP contribution in [-0.4, -0.2) is 9.59 Å². The van der Waals surface area contributed by atoms with Crippen molar-refractivity contribution in [3.63, 3.8) is 0 Å². The summed E-state index contributed by atoms with van der Waals surface area (Å²) in [6.07, 6.45) is 0. The van der Waals surface area contributed by atoms with Gasteiger partial charge >= 0.3 is 0 Å². The van der Waals surface area contributed by atoms with E-state index in [1.54, 1.807) is 12.1 Å². The summed E-state index contributed by atoms with van der Waals surface area (Å²) in [6, 6.07) is 15.5. The second-order valence-corrected chi connectivity index (χ2v) is 4.16. The average molecular weight is 244 g/mol. The van der Waals surface area contributed by atoms with Crippen molar-refractivity contribution in [3.05, 3.63) is 48.5 Å². The van der Waals surface area contributed by atoms with Gasteiger partial charge in [-0.15, -0.1) is 5.10 Å². The van der Waals surface area contributed by atoms with Gasteiger partial charge in [0.15, 0.2) is 0 Å². The maximum atomic E-state index is 5.57. The highest BCUT2D eigenvalue weighted by Gasteiger charge is 2.01. The number of nitrogen functional groups attached to an aromatic ring is 2. The lowest BCUT2D eigenvalue weighted by molar-refractivity contribution is 1.20. The fourth-order valence-electron chi connectivity index (χ4n) is 1.24. The van der Waals surface area contributed by atoms with E-state index in [1.165, 1.54) is 11.5 Å². The van der Waals surface area contributed by atoms with E-state index < -0.39 is 0 Å². The van der Waals surface area contributed by atoms with Crippen LogP contribution in [-0.2, 0) is 0 Å². The molecule has 1 heterocycles. The highest BCUT2D eigenvalue weighted by atomic mass is 32.1. The lowest BCUT2D eigenvalue weighted by Gasteiger charge is -1.96. The van der Waals surface area contributed by atoms with Crippen molar-refractivity contribution in [1.82, 2.24) is 9.59 Å². The number of hydrogen-bond acceptors (Lipinski definition) is 5. The molecule has 0 bridgehead atoms. The summed E-state index contributed by atoms with van der Waals surface area (Å²) in [5, 5.41) is 3.85. The largest absolute Gasteiger partial charge is 0.397 e. The van der Waals surface area contributed by atoms with Crippen molar-refractivity contribution in [3.8, 4) is 0 Å². The molecule has 0 aliphatic carbocycles. The Kier molecular flexibility index (Phi) is 3.52. The third-order valence-electron chi connectivity index (χ3n) is 2.12. The lowest BCUT2D eigenvalue weighted by Crippen LogP contribution is -1.93. The van der Waals surface area contributed by atoms with Gasteiger partial charge in [-0.25, -0.2) is 0 Å². The lowest BCUT2D eigenvalue weighted by atomic mass is 10.2. The summed E-state index contributed by atoms with van der Waals surface area (Å²) < 4.78 is 4.73. The Balaban J connectivity index is 0.000000153. The van der Waals surface area contributed by atoms with Gasteiger partial charge in [-0.1, -0.05) is 40.9 Å². The summed E-state index contributed by atoms with van der Waals surface area (Å²) in [5.41, 5.74) is 13.1. The molecule has 0 aliphatic heterocycles. The number of fused-ring (bicyclic) bond motifs is 1. The van der Waals surface area contributed by atoms with Gasteiger partial charge < -0.3 is 11.5 Å². The number of nitrogens with zero attached hydrogens (tertiary/aromatic N) is 2. The number of hydrogen-bond donors (Lipinski definition) is 2. The maximum Gasteiger partial charge on any atom is 0.108 e. The van der Waals surface area contributed by atoms with Crippen LogP contribution in [0.3, 0.4) is 0 Å². The smallest absolute Gasteiger partial charge is 0.108 e. The van der Waals surface area contributed by atoms with Gasteiger partial charge in [0, 0.05) is 0 Å². The van der Waals surface area contributed by atoms with Gasteiger partial charge in [-0.05, 0) is 23.7 Å². The van der Waals surface area contributed by atoms with E-state index in [0.29, 0.717) is 11.4 Å². The first-order valence-electron chi connectivity index (χ1n) is 5.04. The zero-order chi connectivity index (χ0) is 12.1. The Morgan fingerprint density at radius 1 is 0.824 bits per heavy atom. The molecule has 4 nitrogen and oxygen atoms in total. The molecular weight excluding hydrogens is 232 g/mol. The summed E-state index contributed by atoms with van der Waals surface area (Å²) >= 11 is 1.31. The molecule has 3 rings (SSSR count). The number of benzene rings is 2. The van der Waals surface area contributed by atoms with Crippen LogP contribution >= 0.6 is 11.5 Å². The van der Waals surface area contributed by atoms with Crippen molar-refractivity contribution in [2.24, 2.45) is 0 Å². The van der Waals surface area contributed by atoms with Gasteiger partial charge in [-0.2, -0.15) is 0 Å². The first kappa shape index (κ1) is 11.3. The molecule has 0 aliphatic rings. The zero-order valence-corrected chi connectivity index (χ0v) is 9.89. The number of nitrogens with two attached hydrogens (primary N) is 2. The molecule has 0 saturated heterocycles. The van der Waals surface area contributed by atoms with E-state index in [0.717, 1.165) is 10.2 Å². The van der Waals surface area contributed by atoms with Gasteiger partial charge in [0.1, 0.15) is 5.52 Å². The molecular formula is C12H12N4S. The third kappa shape index (κ3) is 2.92. The van der Waals surface area contributed by atoms with Crippen LogP contribution in [0.2, 0.25) is 0 Å². The second kappa shape index (κ2) is 5.27. The van der Waals surface area contributed by atoms with Gasteiger partial charge in [0.05, 0.1) is 16.1 Å². The molecule has 86 valence electrons. The van der Waals surface area contributed by atoms with E-state index >= 15 is 0 Å². The molecule has 0 spiro atoms. The van der Waals surface area contributed by atoms with Crippen LogP contribution in [0.25, 0.3) is 10.2 Å². The first-order chi connectivity index (χ1) is 8.27. The number of aromatic nitrogens is 2. The van der Waals surface area contributed by atoms with Crippen LogP contribution in [0.1, 0.15) is 0 Å². The predicted octanol–water partition coefficient (Wildman–Crippen LogP) is 2.54. The second-order valence-electron chi connectivity index (χ2n) is 3.38. The molecule has 0 saturated carbocycles. The minimum atomic E-state index is 0.560. The zero-order valence-electron chi connectivity index (χ0n) is 9.08. The van der Waals surface area contributed by atoms with Crippen molar-refractivity contribution in [2.45, 2.75) is 0 Å². The summed E-state index contributed by atoms with van der Waals surface area (Å²) in [5.74, 6) is 0. The van der Waals surface area contributed by atoms with Gasteiger partial charge in [0.2, 0.25) is 0 Å². The molecule has 4 N–H and O–H groups in total. The molecule has 17 heavy (non-hydrogen) atoms. The minimum absolute atomic E-state index is 0.560. The summed E-state index contributed by atoms with van der Waals surface area (Å²) in [6.45, 7) is 0. The van der Waals surface area contributed by atoms with Crippen molar-refractivity contribution in [1.29, 1.82) is 0 Å². The molecule has 0 fully saturated rings. The van der Waals surface area contributed by atoms with Crippen LogP contribution in [0.4, 0.5) is 11.4 Å². The van der Waals surface area contributed by atoms with Gasteiger partial charge in [-0.3, -0.25) is 0 Å². The normalized spacial score (nSPS) is 9.65. The topological polar surface area (TPSA) is 77.8 Å².